The van der Waals surface area contributed by atoms with E-state index in [-0.39, 0.29) is 0 Å². The average molecular weight is 339 g/mol. The Morgan fingerprint density at radius 2 is 1.19 bits per heavy atom. The minimum absolute atomic E-state index is 1.01. The number of aryl methyl sites for hydroxylation is 2. The number of unbranched alkanes of at least 4 members (excludes halogenated alkanes) is 1. The number of benzene rings is 3. The summed E-state index contributed by atoms with van der Waals surface area (Å²) in [7, 11) is 0. The molecule has 0 amide bonds. The van der Waals surface area contributed by atoms with Gasteiger partial charge >= 0.3 is 0 Å². The fraction of sp³-hybridized carbons (Fsp3) is 0.174. The SMILES string of the molecule is c1ccc2c(c1)ncn2CCCCn1c2ccccc2c2ccccc21. The zero-order valence-electron chi connectivity index (χ0n) is 14.7. The van der Waals surface area contributed by atoms with Gasteiger partial charge in [0.25, 0.3) is 0 Å². The number of hydrogen-bond acceptors (Lipinski definition) is 1. The third-order valence-electron chi connectivity index (χ3n) is 5.24. The van der Waals surface area contributed by atoms with Crippen LogP contribution in [0, 0.1) is 0 Å². The Labute approximate surface area is 152 Å². The number of imidazole rings is 1. The van der Waals surface area contributed by atoms with Crippen molar-refractivity contribution in [2.45, 2.75) is 25.9 Å². The molecule has 3 heteroatoms. The van der Waals surface area contributed by atoms with Gasteiger partial charge in [-0.1, -0.05) is 48.5 Å². The van der Waals surface area contributed by atoms with Gasteiger partial charge in [0.05, 0.1) is 17.4 Å². The molecule has 0 spiro atoms. The number of hydrogen-bond donors (Lipinski definition) is 0. The standard InChI is InChI=1S/C23H21N3/c1-4-12-21-18(9-1)19-10-2-5-13-22(19)26(21)16-8-7-15-25-17-24-20-11-3-6-14-23(20)25/h1-6,9-14,17H,7-8,15-16H2. The minimum atomic E-state index is 1.01. The van der Waals surface area contributed by atoms with Gasteiger partial charge in [0.1, 0.15) is 0 Å². The molecular formula is C23H21N3. The monoisotopic (exact) mass is 339 g/mol. The number of fused-ring (bicyclic) bond motifs is 4. The highest BCUT2D eigenvalue weighted by Crippen LogP contribution is 2.29. The number of aromatic nitrogens is 3. The molecule has 0 bridgehead atoms. The molecule has 0 saturated heterocycles. The van der Waals surface area contributed by atoms with Crippen molar-refractivity contribution in [1.82, 2.24) is 14.1 Å². The third-order valence-corrected chi connectivity index (χ3v) is 5.24. The fourth-order valence-corrected chi connectivity index (χ4v) is 3.98. The number of para-hydroxylation sites is 4. The summed E-state index contributed by atoms with van der Waals surface area (Å²) in [5.41, 5.74) is 4.97. The van der Waals surface area contributed by atoms with Crippen LogP contribution in [-0.2, 0) is 13.1 Å². The van der Waals surface area contributed by atoms with Crippen molar-refractivity contribution >= 4 is 32.8 Å². The Balaban J connectivity index is 1.37. The van der Waals surface area contributed by atoms with E-state index in [1.165, 1.54) is 27.3 Å². The van der Waals surface area contributed by atoms with E-state index in [0.29, 0.717) is 0 Å². The maximum absolute atomic E-state index is 4.49. The lowest BCUT2D eigenvalue weighted by molar-refractivity contribution is 0.574. The van der Waals surface area contributed by atoms with Crippen LogP contribution in [0.3, 0.4) is 0 Å². The highest BCUT2D eigenvalue weighted by Gasteiger charge is 2.09. The molecule has 2 aromatic heterocycles. The Hall–Kier alpha value is -3.07. The molecular weight excluding hydrogens is 318 g/mol. The topological polar surface area (TPSA) is 22.8 Å². The van der Waals surface area contributed by atoms with Gasteiger partial charge in [-0.15, -0.1) is 0 Å². The van der Waals surface area contributed by atoms with Gasteiger partial charge < -0.3 is 9.13 Å². The summed E-state index contributed by atoms with van der Waals surface area (Å²) >= 11 is 0. The molecule has 0 aliphatic carbocycles. The van der Waals surface area contributed by atoms with Crippen molar-refractivity contribution in [2.24, 2.45) is 0 Å². The first-order chi connectivity index (χ1) is 12.9. The van der Waals surface area contributed by atoms with E-state index in [9.17, 15) is 0 Å². The van der Waals surface area contributed by atoms with Crippen LogP contribution in [0.5, 0.6) is 0 Å². The molecule has 0 unspecified atom stereocenters. The van der Waals surface area contributed by atoms with E-state index >= 15 is 0 Å². The quantitative estimate of drug-likeness (QED) is 0.381. The molecule has 0 saturated carbocycles. The predicted octanol–water partition coefficient (Wildman–Crippen LogP) is 5.62. The second kappa shape index (κ2) is 6.34. The van der Waals surface area contributed by atoms with Crippen LogP contribution in [0.2, 0.25) is 0 Å². The lowest BCUT2D eigenvalue weighted by Gasteiger charge is -2.08. The van der Waals surface area contributed by atoms with Crippen molar-refractivity contribution in [3.8, 4) is 0 Å². The summed E-state index contributed by atoms with van der Waals surface area (Å²) < 4.78 is 4.73. The van der Waals surface area contributed by atoms with Gasteiger partial charge in [0, 0.05) is 34.9 Å². The normalized spacial score (nSPS) is 11.7. The summed E-state index contributed by atoms with van der Waals surface area (Å²) in [4.78, 5) is 4.49. The highest BCUT2D eigenvalue weighted by atomic mass is 15.0. The molecule has 0 radical (unpaired) electrons. The molecule has 0 aliphatic rings. The molecule has 5 aromatic rings. The molecule has 0 N–H and O–H groups in total. The Bertz CT molecular complexity index is 1140. The van der Waals surface area contributed by atoms with Gasteiger partial charge in [-0.25, -0.2) is 4.98 Å². The van der Waals surface area contributed by atoms with Crippen LogP contribution in [0.4, 0.5) is 0 Å². The van der Waals surface area contributed by atoms with E-state index in [2.05, 4.69) is 80.8 Å². The van der Waals surface area contributed by atoms with Gasteiger partial charge in [-0.3, -0.25) is 0 Å². The largest absolute Gasteiger partial charge is 0.340 e. The van der Waals surface area contributed by atoms with E-state index in [1.54, 1.807) is 0 Å². The molecule has 3 nitrogen and oxygen atoms in total. The van der Waals surface area contributed by atoms with Crippen LogP contribution < -0.4 is 0 Å². The van der Waals surface area contributed by atoms with Crippen LogP contribution in [0.25, 0.3) is 32.8 Å². The maximum Gasteiger partial charge on any atom is 0.0958 e. The number of rotatable bonds is 5. The number of nitrogens with zero attached hydrogens (tertiary/aromatic N) is 3. The van der Waals surface area contributed by atoms with Gasteiger partial charge in [-0.2, -0.15) is 0 Å². The smallest absolute Gasteiger partial charge is 0.0958 e. The van der Waals surface area contributed by atoms with Crippen molar-refractivity contribution in [1.29, 1.82) is 0 Å². The molecule has 26 heavy (non-hydrogen) atoms. The van der Waals surface area contributed by atoms with E-state index < -0.39 is 0 Å². The first-order valence-corrected chi connectivity index (χ1v) is 9.28. The fourth-order valence-electron chi connectivity index (χ4n) is 3.98. The third kappa shape index (κ3) is 2.48. The molecule has 0 fully saturated rings. The van der Waals surface area contributed by atoms with Crippen molar-refractivity contribution < 1.29 is 0 Å². The van der Waals surface area contributed by atoms with Crippen LogP contribution in [0.15, 0.2) is 79.1 Å². The average Bonchev–Trinajstić information content (AvgIpc) is 3.25. The van der Waals surface area contributed by atoms with Crippen LogP contribution in [-0.4, -0.2) is 14.1 Å². The van der Waals surface area contributed by atoms with E-state index in [1.807, 2.05) is 12.4 Å². The van der Waals surface area contributed by atoms with Gasteiger partial charge in [0.2, 0.25) is 0 Å². The van der Waals surface area contributed by atoms with E-state index in [4.69, 9.17) is 0 Å². The summed E-state index contributed by atoms with van der Waals surface area (Å²) in [6.07, 6.45) is 4.25. The first-order valence-electron chi connectivity index (χ1n) is 9.28. The molecule has 128 valence electrons. The van der Waals surface area contributed by atoms with Crippen molar-refractivity contribution in [2.75, 3.05) is 0 Å². The van der Waals surface area contributed by atoms with Crippen LogP contribution >= 0.6 is 0 Å². The first kappa shape index (κ1) is 15.2. The zero-order chi connectivity index (χ0) is 17.3. The Morgan fingerprint density at radius 1 is 0.615 bits per heavy atom. The molecule has 0 atom stereocenters. The van der Waals surface area contributed by atoms with Crippen molar-refractivity contribution in [3.63, 3.8) is 0 Å². The van der Waals surface area contributed by atoms with Crippen molar-refractivity contribution in [3.05, 3.63) is 79.1 Å². The summed E-state index contributed by atoms with van der Waals surface area (Å²) in [5, 5.41) is 2.70. The summed E-state index contributed by atoms with van der Waals surface area (Å²) in [6, 6.07) is 25.8. The Morgan fingerprint density at radius 3 is 1.92 bits per heavy atom. The second-order valence-corrected chi connectivity index (χ2v) is 6.82. The molecule has 0 aliphatic heterocycles. The lowest BCUT2D eigenvalue weighted by atomic mass is 10.2. The molecule has 2 heterocycles. The lowest BCUT2D eigenvalue weighted by Crippen LogP contribution is -2.01. The van der Waals surface area contributed by atoms with Gasteiger partial charge in [0.15, 0.2) is 0 Å². The maximum atomic E-state index is 4.49. The second-order valence-electron chi connectivity index (χ2n) is 6.82. The zero-order valence-corrected chi connectivity index (χ0v) is 14.7. The summed E-state index contributed by atoms with van der Waals surface area (Å²) in [5.74, 6) is 0. The van der Waals surface area contributed by atoms with Gasteiger partial charge in [-0.05, 0) is 37.1 Å². The van der Waals surface area contributed by atoms with E-state index in [0.717, 1.165) is 31.4 Å². The predicted molar refractivity (Wildman–Crippen MR) is 108 cm³/mol. The molecule has 3 aromatic carbocycles. The Kier molecular flexibility index (Phi) is 3.71. The minimum Gasteiger partial charge on any atom is -0.340 e. The molecule has 5 rings (SSSR count). The van der Waals surface area contributed by atoms with Crippen LogP contribution in [0.1, 0.15) is 12.8 Å². The summed E-state index contributed by atoms with van der Waals surface area (Å²) in [6.45, 7) is 2.05. The highest BCUT2D eigenvalue weighted by molar-refractivity contribution is 6.07.